The van der Waals surface area contributed by atoms with E-state index in [2.05, 4.69) is 20.8 Å². The lowest BCUT2D eigenvalue weighted by atomic mass is 9.85. The van der Waals surface area contributed by atoms with Crippen molar-refractivity contribution in [3.63, 3.8) is 0 Å². The fourth-order valence-corrected chi connectivity index (χ4v) is 3.27. The van der Waals surface area contributed by atoms with Crippen molar-refractivity contribution in [1.82, 2.24) is 9.80 Å². The molecule has 27 heavy (non-hydrogen) atoms. The molecule has 1 unspecified atom stereocenters. The van der Waals surface area contributed by atoms with Gasteiger partial charge in [0, 0.05) is 19.0 Å². The Balaban J connectivity index is 2.49. The SMILES string of the molecule is CC(C)C(=O)C1=C(O)C(=O)N(CCN(C)C)C1c1ccc(C(C)(C)C)cc1. The molecule has 1 aliphatic rings. The molecule has 0 bridgehead atoms. The van der Waals surface area contributed by atoms with E-state index < -0.39 is 17.7 Å². The van der Waals surface area contributed by atoms with Crippen LogP contribution in [0.2, 0.25) is 0 Å². The number of amides is 1. The van der Waals surface area contributed by atoms with E-state index >= 15 is 0 Å². The number of rotatable bonds is 6. The first-order chi connectivity index (χ1) is 12.4. The highest BCUT2D eigenvalue weighted by Crippen LogP contribution is 2.39. The molecule has 0 aliphatic carbocycles. The van der Waals surface area contributed by atoms with Crippen molar-refractivity contribution in [2.45, 2.75) is 46.1 Å². The molecule has 148 valence electrons. The van der Waals surface area contributed by atoms with Crippen molar-refractivity contribution in [1.29, 1.82) is 0 Å². The minimum Gasteiger partial charge on any atom is -0.503 e. The van der Waals surface area contributed by atoms with E-state index in [-0.39, 0.29) is 22.7 Å². The highest BCUT2D eigenvalue weighted by Gasteiger charge is 2.43. The molecule has 1 N–H and O–H groups in total. The van der Waals surface area contributed by atoms with Crippen LogP contribution in [0, 0.1) is 5.92 Å². The van der Waals surface area contributed by atoms with Crippen molar-refractivity contribution in [2.75, 3.05) is 27.2 Å². The van der Waals surface area contributed by atoms with Crippen LogP contribution in [0.5, 0.6) is 0 Å². The lowest BCUT2D eigenvalue weighted by Gasteiger charge is -2.29. The summed E-state index contributed by atoms with van der Waals surface area (Å²) in [6, 6.07) is 7.47. The number of hydrogen-bond acceptors (Lipinski definition) is 4. The van der Waals surface area contributed by atoms with Gasteiger partial charge in [-0.2, -0.15) is 0 Å². The van der Waals surface area contributed by atoms with E-state index in [1.807, 2.05) is 43.3 Å². The van der Waals surface area contributed by atoms with E-state index in [4.69, 9.17) is 0 Å². The second-order valence-electron chi connectivity index (χ2n) is 8.86. The summed E-state index contributed by atoms with van der Waals surface area (Å²) in [6.45, 7) is 11.1. The minimum absolute atomic E-state index is 0.0171. The van der Waals surface area contributed by atoms with E-state index in [0.717, 1.165) is 5.56 Å². The fraction of sp³-hybridized carbons (Fsp3) is 0.545. The van der Waals surface area contributed by atoms with Gasteiger partial charge in [0.25, 0.3) is 5.91 Å². The van der Waals surface area contributed by atoms with E-state index in [0.29, 0.717) is 13.1 Å². The number of ketones is 1. The Labute approximate surface area is 162 Å². The van der Waals surface area contributed by atoms with E-state index in [1.54, 1.807) is 18.7 Å². The lowest BCUT2D eigenvalue weighted by molar-refractivity contribution is -0.129. The number of nitrogens with zero attached hydrogens (tertiary/aromatic N) is 2. The molecule has 0 aromatic heterocycles. The Bertz CT molecular complexity index is 740. The summed E-state index contributed by atoms with van der Waals surface area (Å²) >= 11 is 0. The number of benzene rings is 1. The predicted octanol–water partition coefficient (Wildman–Crippen LogP) is 3.47. The molecular formula is C22H32N2O3. The quantitative estimate of drug-likeness (QED) is 0.831. The molecule has 5 nitrogen and oxygen atoms in total. The third kappa shape index (κ3) is 4.41. The smallest absolute Gasteiger partial charge is 0.290 e. The van der Waals surface area contributed by atoms with Crippen LogP contribution in [0.1, 0.15) is 51.8 Å². The summed E-state index contributed by atoms with van der Waals surface area (Å²) in [7, 11) is 3.86. The first-order valence-corrected chi connectivity index (χ1v) is 9.48. The van der Waals surface area contributed by atoms with Gasteiger partial charge in [-0.25, -0.2) is 0 Å². The zero-order chi connectivity index (χ0) is 20.5. The predicted molar refractivity (Wildman–Crippen MR) is 108 cm³/mol. The Morgan fingerprint density at radius 1 is 1.19 bits per heavy atom. The normalized spacial score (nSPS) is 18.2. The van der Waals surface area contributed by atoms with Crippen molar-refractivity contribution in [2.24, 2.45) is 5.92 Å². The summed E-state index contributed by atoms with van der Waals surface area (Å²) in [6.07, 6.45) is 0. The minimum atomic E-state index is -0.540. The standard InChI is InChI=1S/C22H32N2O3/c1-14(2)19(25)17-18(15-8-10-16(11-9-15)22(3,4)5)24(13-12-23(6)7)21(27)20(17)26/h8-11,14,18,26H,12-13H2,1-7H3. The maximum absolute atomic E-state index is 12.8. The summed E-state index contributed by atoms with van der Waals surface area (Å²) in [5.41, 5.74) is 2.27. The van der Waals surface area contributed by atoms with Gasteiger partial charge < -0.3 is 14.9 Å². The molecule has 1 amide bonds. The van der Waals surface area contributed by atoms with Crippen LogP contribution in [0.15, 0.2) is 35.6 Å². The van der Waals surface area contributed by atoms with Gasteiger partial charge in [0.15, 0.2) is 11.5 Å². The summed E-state index contributed by atoms with van der Waals surface area (Å²) in [5, 5.41) is 10.5. The molecule has 1 aromatic carbocycles. The molecule has 0 spiro atoms. The largest absolute Gasteiger partial charge is 0.503 e. The first-order valence-electron chi connectivity index (χ1n) is 9.48. The Hall–Kier alpha value is -2.14. The van der Waals surface area contributed by atoms with Gasteiger partial charge in [0.2, 0.25) is 0 Å². The third-order valence-corrected chi connectivity index (χ3v) is 4.97. The average molecular weight is 373 g/mol. The third-order valence-electron chi connectivity index (χ3n) is 4.97. The van der Waals surface area contributed by atoms with E-state index in [1.165, 1.54) is 5.56 Å². The van der Waals surface area contributed by atoms with Gasteiger partial charge in [-0.05, 0) is 30.6 Å². The average Bonchev–Trinajstić information content (AvgIpc) is 2.82. The zero-order valence-electron chi connectivity index (χ0n) is 17.5. The van der Waals surface area contributed by atoms with Crippen LogP contribution >= 0.6 is 0 Å². The van der Waals surface area contributed by atoms with Gasteiger partial charge in [0.1, 0.15) is 0 Å². The van der Waals surface area contributed by atoms with Crippen LogP contribution in [0.3, 0.4) is 0 Å². The highest BCUT2D eigenvalue weighted by molar-refractivity contribution is 6.09. The molecule has 1 aromatic rings. The van der Waals surface area contributed by atoms with Crippen LogP contribution < -0.4 is 0 Å². The van der Waals surface area contributed by atoms with Crippen LogP contribution in [0.4, 0.5) is 0 Å². The van der Waals surface area contributed by atoms with Gasteiger partial charge in [-0.3, -0.25) is 9.59 Å². The van der Waals surface area contributed by atoms with Gasteiger partial charge in [-0.15, -0.1) is 0 Å². The number of aliphatic hydroxyl groups excluding tert-OH is 1. The number of carbonyl (C=O) groups excluding carboxylic acids is 2. The zero-order valence-corrected chi connectivity index (χ0v) is 17.5. The van der Waals surface area contributed by atoms with Crippen molar-refractivity contribution >= 4 is 11.7 Å². The van der Waals surface area contributed by atoms with Crippen molar-refractivity contribution < 1.29 is 14.7 Å². The first kappa shape index (κ1) is 21.2. The molecule has 0 fully saturated rings. The Morgan fingerprint density at radius 2 is 1.74 bits per heavy atom. The number of likely N-dealkylation sites (N-methyl/N-ethyl adjacent to an activating group) is 1. The second-order valence-corrected chi connectivity index (χ2v) is 8.86. The van der Waals surface area contributed by atoms with E-state index in [9.17, 15) is 14.7 Å². The van der Waals surface area contributed by atoms with Gasteiger partial charge in [0.05, 0.1) is 11.6 Å². The van der Waals surface area contributed by atoms with Crippen LogP contribution in [-0.4, -0.2) is 53.8 Å². The van der Waals surface area contributed by atoms with Crippen LogP contribution in [-0.2, 0) is 15.0 Å². The van der Waals surface area contributed by atoms with Crippen molar-refractivity contribution in [3.8, 4) is 0 Å². The molecule has 0 saturated carbocycles. The topological polar surface area (TPSA) is 60.9 Å². The Kier molecular flexibility index (Phi) is 6.15. The second kappa shape index (κ2) is 7.85. The molecule has 5 heteroatoms. The van der Waals surface area contributed by atoms with Gasteiger partial charge >= 0.3 is 0 Å². The summed E-state index contributed by atoms with van der Waals surface area (Å²) < 4.78 is 0. The molecule has 1 aliphatic heterocycles. The number of Topliss-reactive ketones (excluding diaryl/α,β-unsaturated/α-hetero) is 1. The fourth-order valence-electron chi connectivity index (χ4n) is 3.27. The molecule has 1 heterocycles. The van der Waals surface area contributed by atoms with Gasteiger partial charge in [-0.1, -0.05) is 58.9 Å². The van der Waals surface area contributed by atoms with Crippen LogP contribution in [0.25, 0.3) is 0 Å². The molecule has 0 radical (unpaired) electrons. The molecule has 0 saturated heterocycles. The Morgan fingerprint density at radius 3 is 2.19 bits per heavy atom. The highest BCUT2D eigenvalue weighted by atomic mass is 16.3. The molecule has 2 rings (SSSR count). The molecule has 1 atom stereocenters. The van der Waals surface area contributed by atoms with Crippen molar-refractivity contribution in [3.05, 3.63) is 46.7 Å². The maximum Gasteiger partial charge on any atom is 0.290 e. The maximum atomic E-state index is 12.8. The molecular weight excluding hydrogens is 340 g/mol. The number of aliphatic hydroxyl groups is 1. The monoisotopic (exact) mass is 372 g/mol. The number of hydrogen-bond donors (Lipinski definition) is 1. The summed E-state index contributed by atoms with van der Waals surface area (Å²) in [4.78, 5) is 29.1. The number of carbonyl (C=O) groups is 2. The lowest BCUT2D eigenvalue weighted by Crippen LogP contribution is -2.36. The summed E-state index contributed by atoms with van der Waals surface area (Å²) in [5.74, 6) is -1.35.